The summed E-state index contributed by atoms with van der Waals surface area (Å²) < 4.78 is 83.8. The van der Waals surface area contributed by atoms with E-state index in [-0.39, 0.29) is 30.3 Å². The lowest BCUT2D eigenvalue weighted by Gasteiger charge is -2.35. The van der Waals surface area contributed by atoms with Gasteiger partial charge >= 0.3 is 18.3 Å². The highest BCUT2D eigenvalue weighted by molar-refractivity contribution is 6.01. The van der Waals surface area contributed by atoms with Crippen LogP contribution < -0.4 is 15.4 Å². The van der Waals surface area contributed by atoms with Crippen LogP contribution >= 0.6 is 0 Å². The maximum absolute atomic E-state index is 13.8. The summed E-state index contributed by atoms with van der Waals surface area (Å²) in [5.74, 6) is -5.74. The molecule has 222 valence electrons. The van der Waals surface area contributed by atoms with Gasteiger partial charge in [-0.1, -0.05) is 12.8 Å². The molecule has 2 N–H and O–H groups in total. The molecule has 1 aromatic rings. The monoisotopic (exact) mass is 590 g/mol. The van der Waals surface area contributed by atoms with Gasteiger partial charge in [-0.15, -0.1) is 0 Å². The second kappa shape index (κ2) is 10.7. The normalized spacial score (nSPS) is 23.5. The van der Waals surface area contributed by atoms with Gasteiger partial charge in [-0.05, 0) is 24.5 Å². The number of nitrogens with zero attached hydrogens (tertiary/aromatic N) is 4. The number of aromatic nitrogens is 1. The molecule has 2 fully saturated rings. The van der Waals surface area contributed by atoms with Crippen molar-refractivity contribution in [3.8, 4) is 11.8 Å². The zero-order valence-electron chi connectivity index (χ0n) is 21.4. The number of amides is 4. The van der Waals surface area contributed by atoms with Crippen LogP contribution in [-0.4, -0.2) is 88.1 Å². The summed E-state index contributed by atoms with van der Waals surface area (Å²) >= 11 is 0. The van der Waals surface area contributed by atoms with Crippen LogP contribution in [0.1, 0.15) is 32.1 Å². The number of hydrogen-bond donors (Lipinski definition) is 2. The van der Waals surface area contributed by atoms with Gasteiger partial charge in [0, 0.05) is 19.7 Å². The van der Waals surface area contributed by atoms with E-state index in [4.69, 9.17) is 4.74 Å². The fourth-order valence-electron chi connectivity index (χ4n) is 4.86. The fourth-order valence-corrected chi connectivity index (χ4v) is 4.86. The van der Waals surface area contributed by atoms with Crippen LogP contribution in [0, 0.1) is 17.2 Å². The number of rotatable bonds is 7. The van der Waals surface area contributed by atoms with Gasteiger partial charge in [-0.2, -0.15) is 31.6 Å². The Morgan fingerprint density at radius 1 is 1.29 bits per heavy atom. The van der Waals surface area contributed by atoms with Gasteiger partial charge in [-0.3, -0.25) is 19.2 Å². The molecule has 41 heavy (non-hydrogen) atoms. The number of likely N-dealkylation sites (N-methyl/N-ethyl adjacent to an activating group) is 1. The Balaban J connectivity index is 1.60. The summed E-state index contributed by atoms with van der Waals surface area (Å²) in [7, 11) is 0.940. The molecule has 17 heteroatoms. The fraction of sp³-hybridized carbons (Fsp3) is 0.583. The number of hydrogen-bond acceptors (Lipinski definition) is 7. The van der Waals surface area contributed by atoms with Crippen molar-refractivity contribution < 1.29 is 50.3 Å². The van der Waals surface area contributed by atoms with Gasteiger partial charge in [0.15, 0.2) is 11.6 Å². The molecule has 0 radical (unpaired) electrons. The molecule has 4 amide bonds. The van der Waals surface area contributed by atoms with Crippen molar-refractivity contribution in [1.82, 2.24) is 20.1 Å². The summed E-state index contributed by atoms with van der Waals surface area (Å²) in [5, 5.41) is 13.4. The standard InChI is InChI=1S/C24H24F6N6O5/c1-35(18(37)14(9-23(25,26)27)33-21(40)24(28,29)30)15(7-12-4-5-12)19(38)36-11-22(8-13(36)10-31)20(39)34-17-16(41-22)3-2-6-32-17/h2-3,6,12-15H,4-5,7-9,11H2,1H3,(H,33,40)(H,32,34,39)/t13-,14-,15-,22+/m0/s1. The molecular weight excluding hydrogens is 566 g/mol. The average Bonchev–Trinajstić information content (AvgIpc) is 3.63. The minimum atomic E-state index is -5.56. The number of alkyl halides is 6. The quantitative estimate of drug-likeness (QED) is 0.462. The number of anilines is 1. The second-order valence-electron chi connectivity index (χ2n) is 10.2. The highest BCUT2D eigenvalue weighted by Crippen LogP contribution is 2.41. The van der Waals surface area contributed by atoms with E-state index in [0.29, 0.717) is 17.7 Å². The third-order valence-electron chi connectivity index (χ3n) is 7.13. The van der Waals surface area contributed by atoms with Crippen molar-refractivity contribution >= 4 is 29.4 Å². The topological polar surface area (TPSA) is 145 Å². The SMILES string of the molecule is CN(C(=O)[C@H](CC(F)(F)F)NC(=O)C(F)(F)F)[C@@H](CC1CC1)C(=O)N1C[C@@]2(C[C@H]1C#N)Oc1cccnc1NC2=O. The molecule has 1 saturated heterocycles. The summed E-state index contributed by atoms with van der Waals surface area (Å²) in [6, 6.07) is -0.477. The molecule has 0 aromatic carbocycles. The van der Waals surface area contributed by atoms with Gasteiger partial charge in [0.1, 0.15) is 18.1 Å². The maximum atomic E-state index is 13.8. The number of fused-ring (bicyclic) bond motifs is 1. The number of nitriles is 1. The molecule has 1 spiro atoms. The van der Waals surface area contributed by atoms with Crippen molar-refractivity contribution in [1.29, 1.82) is 5.26 Å². The van der Waals surface area contributed by atoms with E-state index in [1.165, 1.54) is 18.3 Å². The number of halogens is 6. The van der Waals surface area contributed by atoms with Crippen LogP contribution in [0.4, 0.5) is 32.2 Å². The minimum absolute atomic E-state index is 0.0610. The Labute approximate surface area is 228 Å². The first-order valence-electron chi connectivity index (χ1n) is 12.4. The average molecular weight is 590 g/mol. The molecule has 1 aliphatic carbocycles. The van der Waals surface area contributed by atoms with Crippen LogP contribution in [0.3, 0.4) is 0 Å². The lowest BCUT2D eigenvalue weighted by Crippen LogP contribution is -2.58. The molecule has 1 aromatic heterocycles. The van der Waals surface area contributed by atoms with E-state index < -0.39 is 72.7 Å². The van der Waals surface area contributed by atoms with Gasteiger partial charge in [-0.25, -0.2) is 4.98 Å². The van der Waals surface area contributed by atoms with E-state index in [0.717, 1.165) is 17.3 Å². The van der Waals surface area contributed by atoms with Gasteiger partial charge < -0.3 is 25.2 Å². The summed E-state index contributed by atoms with van der Waals surface area (Å²) in [4.78, 5) is 56.8. The van der Waals surface area contributed by atoms with Crippen LogP contribution in [-0.2, 0) is 19.2 Å². The molecule has 0 unspecified atom stereocenters. The maximum Gasteiger partial charge on any atom is 0.471 e. The van der Waals surface area contributed by atoms with Crippen LogP contribution in [0.2, 0.25) is 0 Å². The zero-order valence-corrected chi connectivity index (χ0v) is 21.4. The lowest BCUT2D eigenvalue weighted by molar-refractivity contribution is -0.179. The van der Waals surface area contributed by atoms with Gasteiger partial charge in [0.2, 0.25) is 17.4 Å². The predicted molar refractivity (Wildman–Crippen MR) is 125 cm³/mol. The first-order chi connectivity index (χ1) is 19.0. The molecule has 4 rings (SSSR count). The number of pyridine rings is 1. The van der Waals surface area contributed by atoms with Crippen molar-refractivity contribution in [2.45, 2.75) is 68.2 Å². The second-order valence-corrected chi connectivity index (χ2v) is 10.2. The molecule has 11 nitrogen and oxygen atoms in total. The van der Waals surface area contributed by atoms with Crippen molar-refractivity contribution in [3.05, 3.63) is 18.3 Å². The van der Waals surface area contributed by atoms with Crippen LogP contribution in [0.25, 0.3) is 0 Å². The Bertz CT molecular complexity index is 1280. The largest absolute Gasteiger partial charge is 0.472 e. The highest BCUT2D eigenvalue weighted by Gasteiger charge is 2.57. The van der Waals surface area contributed by atoms with Gasteiger partial charge in [0.05, 0.1) is 19.0 Å². The van der Waals surface area contributed by atoms with E-state index in [9.17, 15) is 50.8 Å². The Morgan fingerprint density at radius 2 is 1.98 bits per heavy atom. The Kier molecular flexibility index (Phi) is 7.80. The van der Waals surface area contributed by atoms with E-state index in [2.05, 4.69) is 10.3 Å². The molecule has 1 saturated carbocycles. The molecule has 0 bridgehead atoms. The summed E-state index contributed by atoms with van der Waals surface area (Å²) in [6.45, 7) is -0.454. The highest BCUT2D eigenvalue weighted by atomic mass is 19.4. The van der Waals surface area contributed by atoms with Crippen molar-refractivity contribution in [2.75, 3.05) is 18.9 Å². The van der Waals surface area contributed by atoms with Crippen LogP contribution in [0.15, 0.2) is 18.3 Å². The number of carbonyl (C=O) groups is 4. The predicted octanol–water partition coefficient (Wildman–Crippen LogP) is 1.90. The summed E-state index contributed by atoms with van der Waals surface area (Å²) in [5.41, 5.74) is -1.71. The minimum Gasteiger partial charge on any atom is -0.472 e. The van der Waals surface area contributed by atoms with E-state index in [1.807, 2.05) is 6.07 Å². The van der Waals surface area contributed by atoms with E-state index >= 15 is 0 Å². The first kappa shape index (κ1) is 29.9. The van der Waals surface area contributed by atoms with Gasteiger partial charge in [0.25, 0.3) is 5.91 Å². The van der Waals surface area contributed by atoms with Crippen LogP contribution in [0.5, 0.6) is 5.75 Å². The smallest absolute Gasteiger partial charge is 0.471 e. The van der Waals surface area contributed by atoms with Crippen molar-refractivity contribution in [3.63, 3.8) is 0 Å². The number of ether oxygens (including phenoxy) is 1. The number of nitrogens with one attached hydrogen (secondary N) is 2. The van der Waals surface area contributed by atoms with E-state index in [1.54, 1.807) is 0 Å². The molecular formula is C24H24F6N6O5. The number of likely N-dealkylation sites (tertiary alicyclic amines) is 1. The third-order valence-corrected chi connectivity index (χ3v) is 7.13. The molecule has 2 aliphatic heterocycles. The molecule has 3 aliphatic rings. The lowest BCUT2D eigenvalue weighted by atomic mass is 9.97. The molecule has 3 heterocycles. The Hall–Kier alpha value is -4.10. The Morgan fingerprint density at radius 3 is 2.56 bits per heavy atom. The van der Waals surface area contributed by atoms with Crippen molar-refractivity contribution in [2.24, 2.45) is 5.92 Å². The molecule has 4 atom stereocenters. The third kappa shape index (κ3) is 6.46. The summed E-state index contributed by atoms with van der Waals surface area (Å²) in [6.07, 6.45) is -10.5. The number of carbonyl (C=O) groups excluding carboxylic acids is 4. The zero-order chi connectivity index (χ0) is 30.3. The first-order valence-corrected chi connectivity index (χ1v) is 12.4.